The summed E-state index contributed by atoms with van der Waals surface area (Å²) in [7, 11) is 0. The highest BCUT2D eigenvalue weighted by Crippen LogP contribution is 2.21. The van der Waals surface area contributed by atoms with Crippen molar-refractivity contribution in [3.05, 3.63) is 63.2 Å². The first kappa shape index (κ1) is 16.9. The molecule has 0 saturated heterocycles. The lowest BCUT2D eigenvalue weighted by atomic mass is 10.1. The van der Waals surface area contributed by atoms with E-state index >= 15 is 0 Å². The third-order valence-corrected chi connectivity index (χ3v) is 3.30. The molecule has 0 radical (unpaired) electrons. The molecular weight excluding hydrogens is 314 g/mol. The molecule has 0 atom stereocenters. The molecule has 0 aliphatic carbocycles. The Labute approximate surface area is 137 Å². The number of aryl methyl sites for hydroxylation is 1. The van der Waals surface area contributed by atoms with E-state index in [1.54, 1.807) is 13.8 Å². The van der Waals surface area contributed by atoms with Crippen LogP contribution in [-0.2, 0) is 0 Å². The van der Waals surface area contributed by atoms with E-state index in [-0.39, 0.29) is 22.7 Å². The lowest BCUT2D eigenvalue weighted by Crippen LogP contribution is -2.19. The fraction of sp³-hybridized carbons (Fsp3) is 0.125. The molecule has 124 valence electrons. The van der Waals surface area contributed by atoms with Gasteiger partial charge >= 0.3 is 0 Å². The minimum Gasteiger partial charge on any atom is -0.508 e. The van der Waals surface area contributed by atoms with Crippen LogP contribution in [0.15, 0.2) is 41.5 Å². The molecule has 8 nitrogen and oxygen atoms in total. The van der Waals surface area contributed by atoms with Crippen molar-refractivity contribution >= 4 is 17.3 Å². The Morgan fingerprint density at radius 1 is 1.12 bits per heavy atom. The van der Waals surface area contributed by atoms with Gasteiger partial charge in [0.1, 0.15) is 11.5 Å². The molecule has 0 aliphatic heterocycles. The number of benzene rings is 2. The Bertz CT molecular complexity index is 825. The zero-order valence-electron chi connectivity index (χ0n) is 13.0. The summed E-state index contributed by atoms with van der Waals surface area (Å²) in [4.78, 5) is 22.3. The van der Waals surface area contributed by atoms with Gasteiger partial charge in [0.05, 0.1) is 10.6 Å². The van der Waals surface area contributed by atoms with E-state index in [0.29, 0.717) is 16.8 Å². The van der Waals surface area contributed by atoms with Crippen molar-refractivity contribution in [3.8, 4) is 11.5 Å². The molecule has 24 heavy (non-hydrogen) atoms. The van der Waals surface area contributed by atoms with Crippen LogP contribution in [0.2, 0.25) is 0 Å². The second-order valence-corrected chi connectivity index (χ2v) is 5.13. The first-order valence-corrected chi connectivity index (χ1v) is 6.91. The smallest absolute Gasteiger partial charge is 0.272 e. The van der Waals surface area contributed by atoms with Gasteiger partial charge in [-0.3, -0.25) is 14.9 Å². The van der Waals surface area contributed by atoms with Crippen LogP contribution < -0.4 is 5.43 Å². The van der Waals surface area contributed by atoms with Gasteiger partial charge in [-0.1, -0.05) is 0 Å². The quantitative estimate of drug-likeness (QED) is 0.451. The number of amides is 1. The van der Waals surface area contributed by atoms with E-state index < -0.39 is 10.8 Å². The molecule has 0 unspecified atom stereocenters. The van der Waals surface area contributed by atoms with Crippen molar-refractivity contribution in [2.45, 2.75) is 13.8 Å². The van der Waals surface area contributed by atoms with Crippen LogP contribution in [-0.4, -0.2) is 26.8 Å². The molecule has 2 aromatic rings. The van der Waals surface area contributed by atoms with Gasteiger partial charge in [-0.15, -0.1) is 0 Å². The minimum atomic E-state index is -0.531. The fourth-order valence-corrected chi connectivity index (χ4v) is 2.07. The largest absolute Gasteiger partial charge is 0.508 e. The summed E-state index contributed by atoms with van der Waals surface area (Å²) >= 11 is 0. The van der Waals surface area contributed by atoms with Gasteiger partial charge in [-0.05, 0) is 38.1 Å². The molecule has 2 rings (SSSR count). The molecular formula is C16H15N3O5. The van der Waals surface area contributed by atoms with Crippen LogP contribution in [0.4, 0.5) is 5.69 Å². The maximum atomic E-state index is 12.1. The molecule has 3 N–H and O–H groups in total. The number of carbonyl (C=O) groups excluding carboxylic acids is 1. The van der Waals surface area contributed by atoms with E-state index in [1.807, 2.05) is 0 Å². The number of hydrazone groups is 1. The lowest BCUT2D eigenvalue weighted by Gasteiger charge is -2.05. The summed E-state index contributed by atoms with van der Waals surface area (Å²) in [5.74, 6) is -0.787. The molecule has 0 aliphatic rings. The predicted octanol–water partition coefficient (Wildman–Crippen LogP) is 2.47. The Morgan fingerprint density at radius 3 is 2.29 bits per heavy atom. The van der Waals surface area contributed by atoms with Gasteiger partial charge in [0.25, 0.3) is 11.6 Å². The van der Waals surface area contributed by atoms with Gasteiger partial charge in [-0.2, -0.15) is 5.10 Å². The number of nitro groups is 1. The number of hydrogen-bond acceptors (Lipinski definition) is 6. The SMILES string of the molecule is C/C(=N/NC(=O)c1ccc([N+](=O)[O-])c(C)c1)c1cc(O)cc(O)c1. The fourth-order valence-electron chi connectivity index (χ4n) is 2.07. The van der Waals surface area contributed by atoms with Gasteiger partial charge in [0.2, 0.25) is 0 Å². The molecule has 0 bridgehead atoms. The number of nitrogens with zero attached hydrogens (tertiary/aromatic N) is 2. The Balaban J connectivity index is 2.17. The van der Waals surface area contributed by atoms with E-state index in [4.69, 9.17) is 0 Å². The van der Waals surface area contributed by atoms with Gasteiger partial charge in [0, 0.05) is 28.8 Å². The monoisotopic (exact) mass is 329 g/mol. The first-order valence-electron chi connectivity index (χ1n) is 6.91. The number of phenols is 2. The maximum Gasteiger partial charge on any atom is 0.272 e. The predicted molar refractivity (Wildman–Crippen MR) is 87.3 cm³/mol. The first-order chi connectivity index (χ1) is 11.3. The Kier molecular flexibility index (Phi) is 4.78. The number of nitrogens with one attached hydrogen (secondary N) is 1. The molecule has 8 heteroatoms. The Morgan fingerprint density at radius 2 is 1.75 bits per heavy atom. The third kappa shape index (κ3) is 3.86. The second kappa shape index (κ2) is 6.78. The number of carbonyl (C=O) groups is 1. The van der Waals surface area contributed by atoms with Crippen molar-refractivity contribution < 1.29 is 19.9 Å². The molecule has 0 saturated carbocycles. The third-order valence-electron chi connectivity index (χ3n) is 3.30. The highest BCUT2D eigenvalue weighted by molar-refractivity contribution is 6.01. The van der Waals surface area contributed by atoms with Crippen LogP contribution in [0.1, 0.15) is 28.4 Å². The average molecular weight is 329 g/mol. The summed E-state index contributed by atoms with van der Waals surface area (Å²) in [6.45, 7) is 3.13. The molecule has 0 fully saturated rings. The molecule has 0 aromatic heterocycles. The van der Waals surface area contributed by atoms with Crippen molar-refractivity contribution in [1.29, 1.82) is 0 Å². The maximum absolute atomic E-state index is 12.1. The highest BCUT2D eigenvalue weighted by atomic mass is 16.6. The molecule has 0 spiro atoms. The van der Waals surface area contributed by atoms with Gasteiger partial charge in [0.15, 0.2) is 0 Å². The van der Waals surface area contributed by atoms with Crippen LogP contribution in [0.25, 0.3) is 0 Å². The standard InChI is InChI=1S/C16H15N3O5/c1-9-5-11(3-4-15(9)19(23)24)16(22)18-17-10(2)12-6-13(20)8-14(21)7-12/h3-8,20-21H,1-2H3,(H,18,22)/b17-10-. The minimum absolute atomic E-state index is 0.0681. The molecule has 1 amide bonds. The van der Waals surface area contributed by atoms with Crippen LogP contribution in [0, 0.1) is 17.0 Å². The highest BCUT2D eigenvalue weighted by Gasteiger charge is 2.13. The summed E-state index contributed by atoms with van der Waals surface area (Å²) in [5, 5.41) is 33.6. The van der Waals surface area contributed by atoms with E-state index in [0.717, 1.165) is 0 Å². The topological polar surface area (TPSA) is 125 Å². The van der Waals surface area contributed by atoms with Crippen molar-refractivity contribution in [3.63, 3.8) is 0 Å². The van der Waals surface area contributed by atoms with Gasteiger partial charge < -0.3 is 10.2 Å². The Hall–Kier alpha value is -3.42. The molecule has 2 aromatic carbocycles. The summed E-state index contributed by atoms with van der Waals surface area (Å²) in [6, 6.07) is 7.95. The lowest BCUT2D eigenvalue weighted by molar-refractivity contribution is -0.385. The number of aromatic hydroxyl groups is 2. The van der Waals surface area contributed by atoms with E-state index in [2.05, 4.69) is 10.5 Å². The van der Waals surface area contributed by atoms with Gasteiger partial charge in [-0.25, -0.2) is 5.43 Å². The summed E-state index contributed by atoms with van der Waals surface area (Å²) < 4.78 is 0. The second-order valence-electron chi connectivity index (χ2n) is 5.13. The zero-order chi connectivity index (χ0) is 17.9. The normalized spacial score (nSPS) is 11.2. The molecule has 0 heterocycles. The van der Waals surface area contributed by atoms with Crippen LogP contribution in [0.5, 0.6) is 11.5 Å². The van der Waals surface area contributed by atoms with Crippen molar-refractivity contribution in [2.24, 2.45) is 5.10 Å². The van der Waals surface area contributed by atoms with Crippen LogP contribution in [0.3, 0.4) is 0 Å². The van der Waals surface area contributed by atoms with E-state index in [1.165, 1.54) is 36.4 Å². The number of hydrogen-bond donors (Lipinski definition) is 3. The zero-order valence-corrected chi connectivity index (χ0v) is 13.0. The van der Waals surface area contributed by atoms with Crippen LogP contribution >= 0.6 is 0 Å². The van der Waals surface area contributed by atoms with Crippen molar-refractivity contribution in [1.82, 2.24) is 5.43 Å². The number of nitro benzene ring substituents is 1. The van der Waals surface area contributed by atoms with Crippen molar-refractivity contribution in [2.75, 3.05) is 0 Å². The summed E-state index contributed by atoms with van der Waals surface area (Å²) in [6.07, 6.45) is 0. The van der Waals surface area contributed by atoms with E-state index in [9.17, 15) is 25.1 Å². The number of phenolic OH excluding ortho intramolecular Hbond substituents is 2. The summed E-state index contributed by atoms with van der Waals surface area (Å²) in [5.41, 5.74) is 3.66. The average Bonchev–Trinajstić information content (AvgIpc) is 2.50. The number of rotatable bonds is 4.